The molecule has 4 nitrogen and oxygen atoms in total. The van der Waals surface area contributed by atoms with Gasteiger partial charge in [-0.15, -0.1) is 13.2 Å². The van der Waals surface area contributed by atoms with E-state index in [9.17, 15) is 23.1 Å². The van der Waals surface area contributed by atoms with Gasteiger partial charge in [0.2, 0.25) is 0 Å². The summed E-state index contributed by atoms with van der Waals surface area (Å²) in [7, 11) is 0. The van der Waals surface area contributed by atoms with Gasteiger partial charge in [-0.3, -0.25) is 4.79 Å². The first kappa shape index (κ1) is 15.6. The second kappa shape index (κ2) is 5.55. The fourth-order valence-corrected chi connectivity index (χ4v) is 2.60. The Balaban J connectivity index is 2.07. The lowest BCUT2D eigenvalue weighted by molar-refractivity contribution is -0.274. The summed E-state index contributed by atoms with van der Waals surface area (Å²) in [6.07, 6.45) is -3.54. The second-order valence-electron chi connectivity index (χ2n) is 5.22. The normalized spacial score (nSPS) is 26.4. The van der Waals surface area contributed by atoms with Gasteiger partial charge in [0.05, 0.1) is 11.5 Å². The lowest BCUT2D eigenvalue weighted by Gasteiger charge is -2.35. The average molecular weight is 304 g/mol. The van der Waals surface area contributed by atoms with Gasteiger partial charge in [0.15, 0.2) is 0 Å². The van der Waals surface area contributed by atoms with E-state index in [1.807, 2.05) is 0 Å². The Morgan fingerprint density at radius 1 is 1.19 bits per heavy atom. The largest absolute Gasteiger partial charge is 0.573 e. The van der Waals surface area contributed by atoms with E-state index in [1.54, 1.807) is 0 Å². The monoisotopic (exact) mass is 304 g/mol. The van der Waals surface area contributed by atoms with Gasteiger partial charge in [-0.25, -0.2) is 0 Å². The third kappa shape index (κ3) is 3.87. The highest BCUT2D eigenvalue weighted by Crippen LogP contribution is 2.40. The van der Waals surface area contributed by atoms with Crippen molar-refractivity contribution in [3.8, 4) is 5.75 Å². The standard InChI is InChI=1S/C14H15F3O4/c15-14(16,17)21-11-3-1-10(2-4-11)13(20)7-5-9(6-8-13)12(18)19/h1-4,9,20H,5-8H2,(H,18,19). The Labute approximate surface area is 119 Å². The van der Waals surface area contributed by atoms with Gasteiger partial charge in [-0.1, -0.05) is 12.1 Å². The number of hydrogen-bond donors (Lipinski definition) is 2. The van der Waals surface area contributed by atoms with Crippen LogP contribution >= 0.6 is 0 Å². The van der Waals surface area contributed by atoms with E-state index in [2.05, 4.69) is 4.74 Å². The van der Waals surface area contributed by atoms with Crippen molar-refractivity contribution in [1.82, 2.24) is 0 Å². The quantitative estimate of drug-likeness (QED) is 0.900. The van der Waals surface area contributed by atoms with Crippen LogP contribution in [0.4, 0.5) is 13.2 Å². The molecule has 0 amide bonds. The topological polar surface area (TPSA) is 66.8 Å². The summed E-state index contributed by atoms with van der Waals surface area (Å²) in [5.41, 5.74) is -0.719. The molecule has 1 aliphatic rings. The van der Waals surface area contributed by atoms with E-state index in [-0.39, 0.29) is 18.6 Å². The molecule has 2 N–H and O–H groups in total. The number of hydrogen-bond acceptors (Lipinski definition) is 3. The summed E-state index contributed by atoms with van der Waals surface area (Å²) in [4.78, 5) is 10.9. The molecule has 21 heavy (non-hydrogen) atoms. The highest BCUT2D eigenvalue weighted by molar-refractivity contribution is 5.70. The lowest BCUT2D eigenvalue weighted by Crippen LogP contribution is -2.33. The molecule has 2 rings (SSSR count). The molecule has 0 atom stereocenters. The number of rotatable bonds is 3. The van der Waals surface area contributed by atoms with Crippen LogP contribution in [-0.2, 0) is 10.4 Å². The summed E-state index contributed by atoms with van der Waals surface area (Å²) in [6.45, 7) is 0. The SMILES string of the molecule is O=C(O)C1CCC(O)(c2ccc(OC(F)(F)F)cc2)CC1. The minimum Gasteiger partial charge on any atom is -0.481 e. The van der Waals surface area contributed by atoms with Crippen LogP contribution in [-0.4, -0.2) is 22.5 Å². The number of carbonyl (C=O) groups is 1. The Kier molecular flexibility index (Phi) is 4.13. The number of ether oxygens (including phenoxy) is 1. The molecule has 7 heteroatoms. The third-order valence-electron chi connectivity index (χ3n) is 3.79. The summed E-state index contributed by atoms with van der Waals surface area (Å²) in [6, 6.07) is 5.04. The van der Waals surface area contributed by atoms with Gasteiger partial charge in [0.25, 0.3) is 0 Å². The molecule has 0 unspecified atom stereocenters. The number of halogens is 3. The van der Waals surface area contributed by atoms with Crippen molar-refractivity contribution in [2.24, 2.45) is 5.92 Å². The van der Waals surface area contributed by atoms with Crippen molar-refractivity contribution in [1.29, 1.82) is 0 Å². The zero-order chi connectivity index (χ0) is 15.7. The van der Waals surface area contributed by atoms with Crippen LogP contribution in [0.15, 0.2) is 24.3 Å². The number of aliphatic hydroxyl groups is 1. The molecular formula is C14H15F3O4. The van der Waals surface area contributed by atoms with Gasteiger partial charge in [-0.05, 0) is 43.4 Å². The van der Waals surface area contributed by atoms with Gasteiger partial charge in [0, 0.05) is 0 Å². The first-order valence-electron chi connectivity index (χ1n) is 6.51. The molecule has 116 valence electrons. The Morgan fingerprint density at radius 2 is 1.71 bits per heavy atom. The van der Waals surface area contributed by atoms with Crippen LogP contribution in [0, 0.1) is 5.92 Å². The van der Waals surface area contributed by atoms with Crippen molar-refractivity contribution >= 4 is 5.97 Å². The molecule has 0 aromatic heterocycles. The summed E-state index contributed by atoms with van der Waals surface area (Å²) in [5, 5.41) is 19.4. The smallest absolute Gasteiger partial charge is 0.481 e. The van der Waals surface area contributed by atoms with Crippen LogP contribution in [0.3, 0.4) is 0 Å². The number of aliphatic carboxylic acids is 1. The predicted molar refractivity (Wildman–Crippen MR) is 66.6 cm³/mol. The maximum Gasteiger partial charge on any atom is 0.573 e. The van der Waals surface area contributed by atoms with Crippen molar-refractivity contribution < 1.29 is 32.9 Å². The van der Waals surface area contributed by atoms with Crippen LogP contribution in [0.25, 0.3) is 0 Å². The zero-order valence-electron chi connectivity index (χ0n) is 11.1. The molecule has 1 fully saturated rings. The van der Waals surface area contributed by atoms with Gasteiger partial charge >= 0.3 is 12.3 Å². The molecule has 0 heterocycles. The first-order valence-corrected chi connectivity index (χ1v) is 6.51. The Morgan fingerprint density at radius 3 is 2.14 bits per heavy atom. The van der Waals surface area contributed by atoms with Crippen LogP contribution < -0.4 is 4.74 Å². The molecule has 1 aliphatic carbocycles. The Bertz CT molecular complexity index is 502. The Hall–Kier alpha value is -1.76. The van der Waals surface area contributed by atoms with E-state index >= 15 is 0 Å². The van der Waals surface area contributed by atoms with Crippen LogP contribution in [0.2, 0.25) is 0 Å². The van der Waals surface area contributed by atoms with E-state index in [0.717, 1.165) is 12.1 Å². The minimum absolute atomic E-state index is 0.267. The van der Waals surface area contributed by atoms with Crippen LogP contribution in [0.5, 0.6) is 5.75 Å². The van der Waals surface area contributed by atoms with E-state index in [1.165, 1.54) is 12.1 Å². The molecule has 0 radical (unpaired) electrons. The molecule has 1 aromatic rings. The van der Waals surface area contributed by atoms with Gasteiger partial charge < -0.3 is 14.9 Å². The summed E-state index contributed by atoms with van der Waals surface area (Å²) < 4.78 is 40.0. The fourth-order valence-electron chi connectivity index (χ4n) is 2.60. The van der Waals surface area contributed by atoms with Crippen LogP contribution in [0.1, 0.15) is 31.2 Å². The molecule has 1 saturated carbocycles. The summed E-state index contributed by atoms with van der Waals surface area (Å²) >= 11 is 0. The maximum atomic E-state index is 12.1. The van der Waals surface area contributed by atoms with Gasteiger partial charge in [-0.2, -0.15) is 0 Å². The lowest BCUT2D eigenvalue weighted by atomic mass is 9.75. The minimum atomic E-state index is -4.75. The van der Waals surface area contributed by atoms with Crippen molar-refractivity contribution in [3.05, 3.63) is 29.8 Å². The molecule has 0 saturated heterocycles. The zero-order valence-corrected chi connectivity index (χ0v) is 11.1. The average Bonchev–Trinajstić information content (AvgIpc) is 2.38. The van der Waals surface area contributed by atoms with Crippen molar-refractivity contribution in [2.75, 3.05) is 0 Å². The number of carboxylic acids is 1. The number of carboxylic acid groups (broad SMARTS) is 1. The summed E-state index contributed by atoms with van der Waals surface area (Å²) in [5.74, 6) is -1.71. The number of alkyl halides is 3. The highest BCUT2D eigenvalue weighted by atomic mass is 19.4. The molecular weight excluding hydrogens is 289 g/mol. The van der Waals surface area contributed by atoms with E-state index < -0.39 is 23.9 Å². The van der Waals surface area contributed by atoms with Gasteiger partial charge in [0.1, 0.15) is 5.75 Å². The van der Waals surface area contributed by atoms with E-state index in [0.29, 0.717) is 18.4 Å². The predicted octanol–water partition coefficient (Wildman–Crippen LogP) is 3.05. The van der Waals surface area contributed by atoms with Crippen molar-refractivity contribution in [2.45, 2.75) is 37.6 Å². The molecule has 1 aromatic carbocycles. The van der Waals surface area contributed by atoms with Crippen molar-refractivity contribution in [3.63, 3.8) is 0 Å². The molecule has 0 bridgehead atoms. The third-order valence-corrected chi connectivity index (χ3v) is 3.79. The number of benzene rings is 1. The molecule has 0 spiro atoms. The highest BCUT2D eigenvalue weighted by Gasteiger charge is 2.37. The maximum absolute atomic E-state index is 12.1. The molecule has 0 aliphatic heterocycles. The van der Waals surface area contributed by atoms with E-state index in [4.69, 9.17) is 5.11 Å². The fraction of sp³-hybridized carbons (Fsp3) is 0.500. The second-order valence-corrected chi connectivity index (χ2v) is 5.22. The first-order chi connectivity index (χ1) is 9.70.